The number of anilines is 1. The summed E-state index contributed by atoms with van der Waals surface area (Å²) in [4.78, 5) is 25.8. The molecule has 0 heterocycles. The third-order valence-corrected chi connectivity index (χ3v) is 4.47. The summed E-state index contributed by atoms with van der Waals surface area (Å²) < 4.78 is 0. The molecule has 1 aliphatic rings. The summed E-state index contributed by atoms with van der Waals surface area (Å²) in [5.41, 5.74) is 4.61. The SMILES string of the molecule is CN(C)c1ccc(C=C2CCC(=Cc3cccc(C(=O)O)c3)C2=O)cc1. The second kappa shape index (κ2) is 7.40. The van der Waals surface area contributed by atoms with E-state index >= 15 is 0 Å². The third-order valence-electron chi connectivity index (χ3n) is 4.47. The highest BCUT2D eigenvalue weighted by atomic mass is 16.4. The Hall–Kier alpha value is -3.14. The van der Waals surface area contributed by atoms with E-state index in [2.05, 4.69) is 0 Å². The number of nitrogens with zero attached hydrogens (tertiary/aromatic N) is 1. The van der Waals surface area contributed by atoms with Crippen LogP contribution in [0.15, 0.2) is 59.7 Å². The monoisotopic (exact) mass is 347 g/mol. The number of carboxylic acids is 1. The molecule has 1 fully saturated rings. The van der Waals surface area contributed by atoms with Crippen molar-refractivity contribution in [1.29, 1.82) is 0 Å². The van der Waals surface area contributed by atoms with Crippen LogP contribution in [0.1, 0.15) is 34.3 Å². The summed E-state index contributed by atoms with van der Waals surface area (Å²) in [6.07, 6.45) is 5.12. The Bertz CT molecular complexity index is 905. The van der Waals surface area contributed by atoms with Crippen molar-refractivity contribution in [2.45, 2.75) is 12.8 Å². The number of hydrogen-bond acceptors (Lipinski definition) is 3. The van der Waals surface area contributed by atoms with Gasteiger partial charge < -0.3 is 10.0 Å². The molecule has 0 atom stereocenters. The lowest BCUT2D eigenvalue weighted by Crippen LogP contribution is -2.07. The van der Waals surface area contributed by atoms with Crippen LogP contribution in [0.2, 0.25) is 0 Å². The van der Waals surface area contributed by atoms with Crippen molar-refractivity contribution in [2.75, 3.05) is 19.0 Å². The molecular formula is C22H21NO3. The number of benzene rings is 2. The molecule has 1 aliphatic carbocycles. The summed E-state index contributed by atoms with van der Waals surface area (Å²) in [5, 5.41) is 9.08. The lowest BCUT2D eigenvalue weighted by atomic mass is 10.0. The smallest absolute Gasteiger partial charge is 0.335 e. The predicted molar refractivity (Wildman–Crippen MR) is 104 cm³/mol. The molecule has 0 amide bonds. The minimum absolute atomic E-state index is 0.0439. The molecule has 0 radical (unpaired) electrons. The Morgan fingerprint density at radius 2 is 1.58 bits per heavy atom. The predicted octanol–water partition coefficient (Wildman–Crippen LogP) is 4.28. The molecule has 3 rings (SSSR count). The van der Waals surface area contributed by atoms with Gasteiger partial charge in [0.25, 0.3) is 0 Å². The maximum absolute atomic E-state index is 12.6. The van der Waals surface area contributed by atoms with Crippen molar-refractivity contribution in [1.82, 2.24) is 0 Å². The van der Waals surface area contributed by atoms with Crippen LogP contribution in [0.5, 0.6) is 0 Å². The zero-order valence-electron chi connectivity index (χ0n) is 14.9. The van der Waals surface area contributed by atoms with E-state index in [1.165, 1.54) is 0 Å². The average molecular weight is 347 g/mol. The fourth-order valence-electron chi connectivity index (χ4n) is 3.01. The van der Waals surface area contributed by atoms with E-state index in [9.17, 15) is 9.59 Å². The van der Waals surface area contributed by atoms with E-state index in [-0.39, 0.29) is 11.3 Å². The van der Waals surface area contributed by atoms with Gasteiger partial charge in [-0.25, -0.2) is 4.79 Å². The number of carboxylic acid groups (broad SMARTS) is 1. The van der Waals surface area contributed by atoms with Crippen LogP contribution in [-0.4, -0.2) is 31.0 Å². The molecule has 0 spiro atoms. The van der Waals surface area contributed by atoms with Crippen LogP contribution in [0.4, 0.5) is 5.69 Å². The van der Waals surface area contributed by atoms with Gasteiger partial charge in [-0.2, -0.15) is 0 Å². The Kier molecular flexibility index (Phi) is 5.03. The molecule has 26 heavy (non-hydrogen) atoms. The Morgan fingerprint density at radius 3 is 2.15 bits per heavy atom. The van der Waals surface area contributed by atoms with E-state index in [4.69, 9.17) is 5.11 Å². The van der Waals surface area contributed by atoms with E-state index in [0.717, 1.165) is 28.0 Å². The number of hydrogen-bond donors (Lipinski definition) is 1. The maximum Gasteiger partial charge on any atom is 0.335 e. The molecule has 1 N–H and O–H groups in total. The summed E-state index contributed by atoms with van der Waals surface area (Å²) in [7, 11) is 3.98. The van der Waals surface area contributed by atoms with Crippen molar-refractivity contribution in [3.05, 3.63) is 76.4 Å². The minimum Gasteiger partial charge on any atom is -0.478 e. The van der Waals surface area contributed by atoms with Crippen LogP contribution in [0, 0.1) is 0 Å². The first-order valence-corrected chi connectivity index (χ1v) is 8.50. The molecule has 132 valence electrons. The Morgan fingerprint density at radius 1 is 0.962 bits per heavy atom. The van der Waals surface area contributed by atoms with Gasteiger partial charge in [-0.3, -0.25) is 4.79 Å². The number of allylic oxidation sites excluding steroid dienone is 2. The number of carbonyl (C=O) groups excluding carboxylic acids is 1. The number of Topliss-reactive ketones (excluding diaryl/α,β-unsaturated/α-hetero) is 1. The second-order valence-electron chi connectivity index (χ2n) is 6.58. The fraction of sp³-hybridized carbons (Fsp3) is 0.182. The van der Waals surface area contributed by atoms with Crippen molar-refractivity contribution in [3.63, 3.8) is 0 Å². The number of rotatable bonds is 4. The van der Waals surface area contributed by atoms with Crippen molar-refractivity contribution < 1.29 is 14.7 Å². The zero-order valence-corrected chi connectivity index (χ0v) is 14.9. The van der Waals surface area contributed by atoms with Crippen molar-refractivity contribution >= 4 is 29.6 Å². The fourth-order valence-corrected chi connectivity index (χ4v) is 3.01. The highest BCUT2D eigenvalue weighted by Gasteiger charge is 2.23. The molecule has 2 aromatic carbocycles. The molecular weight excluding hydrogens is 326 g/mol. The first-order chi connectivity index (χ1) is 12.4. The normalized spacial score (nSPS) is 17.1. The summed E-state index contributed by atoms with van der Waals surface area (Å²) in [6, 6.07) is 14.7. The summed E-state index contributed by atoms with van der Waals surface area (Å²) >= 11 is 0. The quantitative estimate of drug-likeness (QED) is 0.839. The molecule has 2 aromatic rings. The molecule has 0 aromatic heterocycles. The van der Waals surface area contributed by atoms with E-state index in [1.807, 2.05) is 55.4 Å². The highest BCUT2D eigenvalue weighted by Crippen LogP contribution is 2.30. The standard InChI is InChI=1S/C22H21NO3/c1-23(2)20-10-6-15(7-11-20)12-17-8-9-18(21(17)24)13-16-4-3-5-19(14-16)22(25)26/h3-7,10-14H,8-9H2,1-2H3,(H,25,26). The van der Waals surface area contributed by atoms with Gasteiger partial charge in [-0.15, -0.1) is 0 Å². The largest absolute Gasteiger partial charge is 0.478 e. The van der Waals surface area contributed by atoms with Crippen molar-refractivity contribution in [2.24, 2.45) is 0 Å². The van der Waals surface area contributed by atoms with Gasteiger partial charge in [0, 0.05) is 30.9 Å². The first kappa shape index (κ1) is 17.7. The van der Waals surface area contributed by atoms with Gasteiger partial charge in [-0.1, -0.05) is 24.3 Å². The van der Waals surface area contributed by atoms with Gasteiger partial charge in [0.15, 0.2) is 5.78 Å². The second-order valence-corrected chi connectivity index (χ2v) is 6.58. The van der Waals surface area contributed by atoms with Crippen LogP contribution >= 0.6 is 0 Å². The lowest BCUT2D eigenvalue weighted by Gasteiger charge is -2.11. The molecule has 4 heteroatoms. The summed E-state index contributed by atoms with van der Waals surface area (Å²) in [5.74, 6) is -0.924. The Balaban J connectivity index is 1.81. The summed E-state index contributed by atoms with van der Waals surface area (Å²) in [6.45, 7) is 0. The van der Waals surface area contributed by atoms with Crippen LogP contribution in [0.25, 0.3) is 12.2 Å². The number of aromatic carboxylic acids is 1. The van der Waals surface area contributed by atoms with E-state index in [0.29, 0.717) is 12.8 Å². The zero-order chi connectivity index (χ0) is 18.7. The van der Waals surface area contributed by atoms with Crippen LogP contribution in [-0.2, 0) is 4.79 Å². The third kappa shape index (κ3) is 3.91. The molecule has 4 nitrogen and oxygen atoms in total. The van der Waals surface area contributed by atoms with Gasteiger partial charge in [0.1, 0.15) is 0 Å². The molecule has 1 saturated carbocycles. The first-order valence-electron chi connectivity index (χ1n) is 8.50. The maximum atomic E-state index is 12.6. The van der Waals surface area contributed by atoms with Gasteiger partial charge in [0.2, 0.25) is 0 Å². The number of carbonyl (C=O) groups is 2. The molecule has 0 bridgehead atoms. The molecule has 0 saturated heterocycles. The van der Waals surface area contributed by atoms with Gasteiger partial charge in [0.05, 0.1) is 5.56 Å². The average Bonchev–Trinajstić information content (AvgIpc) is 2.96. The van der Waals surface area contributed by atoms with E-state index in [1.54, 1.807) is 24.3 Å². The van der Waals surface area contributed by atoms with E-state index < -0.39 is 5.97 Å². The van der Waals surface area contributed by atoms with Gasteiger partial charge >= 0.3 is 5.97 Å². The van der Waals surface area contributed by atoms with Gasteiger partial charge in [-0.05, 0) is 60.4 Å². The lowest BCUT2D eigenvalue weighted by molar-refractivity contribution is -0.111. The minimum atomic E-state index is -0.968. The van der Waals surface area contributed by atoms with Crippen molar-refractivity contribution in [3.8, 4) is 0 Å². The van der Waals surface area contributed by atoms with Crippen LogP contribution < -0.4 is 4.90 Å². The number of ketones is 1. The molecule has 0 aliphatic heterocycles. The topological polar surface area (TPSA) is 57.6 Å². The van der Waals surface area contributed by atoms with Crippen LogP contribution in [0.3, 0.4) is 0 Å². The Labute approximate surface area is 153 Å². The highest BCUT2D eigenvalue weighted by molar-refractivity contribution is 6.15. The molecule has 0 unspecified atom stereocenters.